The number of carbonyl (C=O) groups excluding carboxylic acids is 2. The van der Waals surface area contributed by atoms with Crippen molar-refractivity contribution in [1.82, 2.24) is 9.58 Å². The van der Waals surface area contributed by atoms with Crippen molar-refractivity contribution in [3.05, 3.63) is 141 Å². The fraction of sp³-hybridized carbons (Fsp3) is 0.125. The number of fused-ring (bicyclic) bond motifs is 3. The van der Waals surface area contributed by atoms with Crippen molar-refractivity contribution in [2.24, 2.45) is 0 Å². The Morgan fingerprint density at radius 3 is 2.48 bits per heavy atom. The summed E-state index contributed by atoms with van der Waals surface area (Å²) >= 11 is 1.28. The molecule has 1 N–H and O–H groups in total. The first kappa shape index (κ1) is 28.9. The summed E-state index contributed by atoms with van der Waals surface area (Å²) in [7, 11) is 0. The first-order valence-corrected chi connectivity index (χ1v) is 14.3. The Hall–Kier alpha value is -5.23. The molecule has 44 heavy (non-hydrogen) atoms. The number of benzene rings is 3. The summed E-state index contributed by atoms with van der Waals surface area (Å²) in [5, 5.41) is 11.5. The van der Waals surface area contributed by atoms with Crippen LogP contribution in [0.5, 0.6) is 5.75 Å². The topological polar surface area (TPSA) is 109 Å². The number of amides is 2. The van der Waals surface area contributed by atoms with E-state index in [0.29, 0.717) is 21.6 Å². The second kappa shape index (κ2) is 11.5. The minimum absolute atomic E-state index is 0.0660. The van der Waals surface area contributed by atoms with E-state index >= 15 is 4.39 Å². The van der Waals surface area contributed by atoms with Gasteiger partial charge in [0.2, 0.25) is 5.43 Å². The lowest BCUT2D eigenvalue weighted by atomic mass is 9.93. The average molecular weight is 616 g/mol. The molecule has 0 aliphatic carbocycles. The van der Waals surface area contributed by atoms with E-state index in [1.54, 1.807) is 54.6 Å². The quantitative estimate of drug-likeness (QED) is 0.307. The van der Waals surface area contributed by atoms with Gasteiger partial charge in [-0.25, -0.2) is 13.6 Å². The Balaban J connectivity index is 1.64. The van der Waals surface area contributed by atoms with Gasteiger partial charge in [-0.2, -0.15) is 0 Å². The van der Waals surface area contributed by atoms with Crippen molar-refractivity contribution in [3.63, 3.8) is 0 Å². The van der Waals surface area contributed by atoms with Gasteiger partial charge >= 0.3 is 5.97 Å². The third-order valence-corrected chi connectivity index (χ3v) is 8.58. The summed E-state index contributed by atoms with van der Waals surface area (Å²) in [6.07, 6.45) is 1.92. The van der Waals surface area contributed by atoms with Crippen LogP contribution < -0.4 is 15.2 Å². The summed E-state index contributed by atoms with van der Waals surface area (Å²) in [5.41, 5.74) is -0.518. The van der Waals surface area contributed by atoms with Gasteiger partial charge in [-0.15, -0.1) is 11.8 Å². The van der Waals surface area contributed by atoms with E-state index in [2.05, 4.69) is 6.58 Å². The van der Waals surface area contributed by atoms with E-state index < -0.39 is 64.6 Å². The standard InChI is InChI=1S/C32H23F2N3O6S/c1-2-25(38)35-17-37(27-19-12-13-23(33)26(34)22(19)16-44-24-11-7-6-10-20(24)27)36-14-21(32(41)42)29(39)30(28(36)31(35)40)43-15-18-8-4-3-5-9-18/h2-14,27H,1,15-17H2,(H,41,42)/t27-/m0/s1. The van der Waals surface area contributed by atoms with E-state index in [1.807, 2.05) is 0 Å². The predicted octanol–water partition coefficient (Wildman–Crippen LogP) is 4.86. The molecule has 0 unspecified atom stereocenters. The highest BCUT2D eigenvalue weighted by Gasteiger charge is 2.42. The molecule has 0 radical (unpaired) electrons. The minimum atomic E-state index is -1.57. The largest absolute Gasteiger partial charge is 0.482 e. The molecule has 0 saturated carbocycles. The number of aromatic carboxylic acids is 1. The average Bonchev–Trinajstić information content (AvgIpc) is 3.19. The van der Waals surface area contributed by atoms with Crippen LogP contribution in [0, 0.1) is 11.6 Å². The molecular formula is C32H23F2N3O6S. The van der Waals surface area contributed by atoms with Crippen LogP contribution in [0.15, 0.2) is 95.3 Å². The molecule has 222 valence electrons. The lowest BCUT2D eigenvalue weighted by Crippen LogP contribution is -2.57. The molecule has 3 aromatic carbocycles. The zero-order valence-electron chi connectivity index (χ0n) is 22.9. The Kier molecular flexibility index (Phi) is 7.52. The summed E-state index contributed by atoms with van der Waals surface area (Å²) < 4.78 is 36.8. The van der Waals surface area contributed by atoms with Crippen molar-refractivity contribution in [3.8, 4) is 5.75 Å². The molecule has 0 saturated heterocycles. The van der Waals surface area contributed by atoms with Crippen LogP contribution >= 0.6 is 11.8 Å². The molecule has 3 heterocycles. The third kappa shape index (κ3) is 4.82. The van der Waals surface area contributed by atoms with E-state index in [-0.39, 0.29) is 17.9 Å². The zero-order valence-corrected chi connectivity index (χ0v) is 23.7. The Morgan fingerprint density at radius 1 is 1.02 bits per heavy atom. The highest BCUT2D eigenvalue weighted by atomic mass is 32.2. The first-order valence-electron chi connectivity index (χ1n) is 13.3. The minimum Gasteiger partial charge on any atom is -0.482 e. The SMILES string of the molecule is C=CC(=O)N1CN([C@@H]2c3ccccc3SCc3c2ccc(F)c3F)n2cc(C(=O)O)c(=O)c(OCc3ccccc3)c2C1=O. The number of ether oxygens (including phenoxy) is 1. The predicted molar refractivity (Wildman–Crippen MR) is 157 cm³/mol. The van der Waals surface area contributed by atoms with Gasteiger partial charge in [-0.1, -0.05) is 61.2 Å². The number of hydrogen-bond donors (Lipinski definition) is 1. The number of thioether (sulfide) groups is 1. The molecular weight excluding hydrogens is 592 g/mol. The maximum Gasteiger partial charge on any atom is 0.341 e. The fourth-order valence-electron chi connectivity index (χ4n) is 5.37. The molecule has 12 heteroatoms. The number of carboxylic acid groups (broad SMARTS) is 1. The normalized spacial score (nSPS) is 15.5. The van der Waals surface area contributed by atoms with Crippen LogP contribution in [-0.4, -0.2) is 39.1 Å². The molecule has 2 amide bonds. The van der Waals surface area contributed by atoms with Gasteiger partial charge in [-0.3, -0.25) is 29.0 Å². The number of hydrogen-bond acceptors (Lipinski definition) is 7. The Morgan fingerprint density at radius 2 is 1.75 bits per heavy atom. The first-order chi connectivity index (χ1) is 21.2. The van der Waals surface area contributed by atoms with E-state index in [9.17, 15) is 28.7 Å². The van der Waals surface area contributed by atoms with E-state index in [4.69, 9.17) is 4.74 Å². The maximum absolute atomic E-state index is 15.3. The molecule has 2 aliphatic heterocycles. The molecule has 0 bridgehead atoms. The number of rotatable bonds is 6. The number of nitrogens with zero attached hydrogens (tertiary/aromatic N) is 3. The second-order valence-electron chi connectivity index (χ2n) is 9.99. The monoisotopic (exact) mass is 615 g/mol. The summed E-state index contributed by atoms with van der Waals surface area (Å²) in [6, 6.07) is 17.3. The van der Waals surface area contributed by atoms with Crippen LogP contribution in [0.4, 0.5) is 8.78 Å². The lowest BCUT2D eigenvalue weighted by Gasteiger charge is -2.43. The third-order valence-electron chi connectivity index (χ3n) is 7.46. The molecule has 0 spiro atoms. The Labute approximate surface area is 253 Å². The smallest absolute Gasteiger partial charge is 0.341 e. The van der Waals surface area contributed by atoms with Crippen LogP contribution in [0.2, 0.25) is 0 Å². The van der Waals surface area contributed by atoms with Gasteiger partial charge < -0.3 is 9.84 Å². The van der Waals surface area contributed by atoms with Crippen molar-refractivity contribution in [1.29, 1.82) is 0 Å². The van der Waals surface area contributed by atoms with Crippen LogP contribution in [0.1, 0.15) is 49.1 Å². The van der Waals surface area contributed by atoms with Crippen molar-refractivity contribution in [2.45, 2.75) is 23.3 Å². The van der Waals surface area contributed by atoms with Gasteiger partial charge in [-0.05, 0) is 34.9 Å². The molecule has 9 nitrogen and oxygen atoms in total. The molecule has 0 fully saturated rings. The molecule has 1 aromatic heterocycles. The zero-order chi connectivity index (χ0) is 31.1. The van der Waals surface area contributed by atoms with E-state index in [1.165, 1.54) is 27.5 Å². The number of carbonyl (C=O) groups is 3. The van der Waals surface area contributed by atoms with Crippen LogP contribution in [0.3, 0.4) is 0 Å². The van der Waals surface area contributed by atoms with Gasteiger partial charge in [0.25, 0.3) is 11.8 Å². The van der Waals surface area contributed by atoms with Gasteiger partial charge in [0.05, 0.1) is 6.04 Å². The fourth-order valence-corrected chi connectivity index (χ4v) is 6.49. The van der Waals surface area contributed by atoms with Crippen LogP contribution in [-0.2, 0) is 17.2 Å². The van der Waals surface area contributed by atoms with Gasteiger partial charge in [0.15, 0.2) is 23.1 Å². The van der Waals surface area contributed by atoms with Crippen molar-refractivity contribution in [2.75, 3.05) is 11.7 Å². The van der Waals surface area contributed by atoms with E-state index in [0.717, 1.165) is 23.2 Å². The summed E-state index contributed by atoms with van der Waals surface area (Å²) in [4.78, 5) is 54.3. The highest BCUT2D eigenvalue weighted by Crippen LogP contribution is 2.44. The number of imide groups is 1. The molecule has 4 aromatic rings. The van der Waals surface area contributed by atoms with Gasteiger partial charge in [0, 0.05) is 22.4 Å². The maximum atomic E-state index is 15.3. The second-order valence-corrected chi connectivity index (χ2v) is 11.0. The number of carboxylic acids is 1. The molecule has 1 atom stereocenters. The molecule has 2 aliphatic rings. The van der Waals surface area contributed by atoms with Crippen molar-refractivity contribution >= 4 is 29.5 Å². The lowest BCUT2D eigenvalue weighted by molar-refractivity contribution is -0.124. The Bertz CT molecular complexity index is 1910. The summed E-state index contributed by atoms with van der Waals surface area (Å²) in [5.74, 6) is -5.87. The van der Waals surface area contributed by atoms with Crippen LogP contribution in [0.25, 0.3) is 0 Å². The highest BCUT2D eigenvalue weighted by molar-refractivity contribution is 7.98. The number of aromatic nitrogens is 1. The number of halogens is 2. The van der Waals surface area contributed by atoms with Crippen molar-refractivity contribution < 1.29 is 33.0 Å². The van der Waals surface area contributed by atoms with Gasteiger partial charge in [0.1, 0.15) is 18.8 Å². The molecule has 6 rings (SSSR count). The summed E-state index contributed by atoms with van der Waals surface area (Å²) in [6.45, 7) is 2.86. The number of pyridine rings is 1.